The van der Waals surface area contributed by atoms with Gasteiger partial charge in [-0.2, -0.15) is 13.2 Å². The Bertz CT molecular complexity index is 1470. The zero-order valence-electron chi connectivity index (χ0n) is 22.2. The Balaban J connectivity index is 1.64. The fourth-order valence-corrected chi connectivity index (χ4v) is 5.83. The minimum atomic E-state index is -4.59. The molecule has 1 unspecified atom stereocenters. The molecule has 0 spiro atoms. The number of fused-ring (bicyclic) bond motifs is 1. The summed E-state index contributed by atoms with van der Waals surface area (Å²) >= 11 is 12.7. The molecule has 2 aliphatic rings. The molecular formula is C29H28Cl2F3N5O. The van der Waals surface area contributed by atoms with Gasteiger partial charge in [0, 0.05) is 47.7 Å². The molecule has 210 valence electrons. The number of nitrogens with zero attached hydrogens (tertiary/aromatic N) is 4. The molecule has 3 aromatic rings. The van der Waals surface area contributed by atoms with Gasteiger partial charge in [0.25, 0.3) is 0 Å². The number of aromatic nitrogens is 1. The van der Waals surface area contributed by atoms with Crippen LogP contribution < -0.4 is 10.2 Å². The van der Waals surface area contributed by atoms with Crippen LogP contribution >= 0.6 is 23.2 Å². The minimum Gasteiger partial charge on any atom is -0.342 e. The van der Waals surface area contributed by atoms with E-state index in [-0.39, 0.29) is 22.7 Å². The fourth-order valence-electron chi connectivity index (χ4n) is 5.34. The Morgan fingerprint density at radius 1 is 1.12 bits per heavy atom. The number of benzene rings is 2. The van der Waals surface area contributed by atoms with Gasteiger partial charge >= 0.3 is 6.18 Å². The number of pyridine rings is 1. The van der Waals surface area contributed by atoms with Crippen molar-refractivity contribution in [1.29, 1.82) is 0 Å². The number of aryl methyl sites for hydroxylation is 2. The number of carbonyl (C=O) groups is 1. The molecule has 2 aromatic carbocycles. The summed E-state index contributed by atoms with van der Waals surface area (Å²) < 4.78 is 40.6. The molecule has 1 aromatic heterocycles. The smallest absolute Gasteiger partial charge is 0.342 e. The molecule has 6 nitrogen and oxygen atoms in total. The molecule has 0 aliphatic carbocycles. The maximum Gasteiger partial charge on any atom is 0.417 e. The van der Waals surface area contributed by atoms with Gasteiger partial charge < -0.3 is 15.1 Å². The van der Waals surface area contributed by atoms with Gasteiger partial charge in [0.05, 0.1) is 17.6 Å². The van der Waals surface area contributed by atoms with Crippen LogP contribution in [0.25, 0.3) is 11.1 Å². The van der Waals surface area contributed by atoms with E-state index >= 15 is 0 Å². The van der Waals surface area contributed by atoms with Crippen LogP contribution in [-0.2, 0) is 11.0 Å². The summed E-state index contributed by atoms with van der Waals surface area (Å²) in [5.74, 6) is -0.179. The van der Waals surface area contributed by atoms with Crippen molar-refractivity contribution in [2.45, 2.75) is 44.9 Å². The largest absolute Gasteiger partial charge is 0.417 e. The number of anilines is 1. The maximum atomic E-state index is 14.2. The van der Waals surface area contributed by atoms with Crippen LogP contribution in [0.4, 0.5) is 24.5 Å². The second-order valence-corrected chi connectivity index (χ2v) is 11.1. The van der Waals surface area contributed by atoms with Crippen molar-refractivity contribution < 1.29 is 18.0 Å². The summed E-state index contributed by atoms with van der Waals surface area (Å²) in [7, 11) is 1.76. The first-order valence-corrected chi connectivity index (χ1v) is 13.6. The highest BCUT2D eigenvalue weighted by atomic mass is 35.5. The Morgan fingerprint density at radius 2 is 1.90 bits per heavy atom. The average Bonchev–Trinajstić information content (AvgIpc) is 3.39. The molecule has 2 aliphatic heterocycles. The number of amides is 1. The zero-order valence-corrected chi connectivity index (χ0v) is 23.7. The van der Waals surface area contributed by atoms with E-state index in [1.54, 1.807) is 48.3 Å². The molecule has 0 radical (unpaired) electrons. The fraction of sp³-hybridized carbons (Fsp3) is 0.345. The van der Waals surface area contributed by atoms with Crippen LogP contribution in [0, 0.1) is 13.8 Å². The average molecular weight is 590 g/mol. The van der Waals surface area contributed by atoms with Crippen LogP contribution in [0.3, 0.4) is 0 Å². The van der Waals surface area contributed by atoms with Gasteiger partial charge in [-0.15, -0.1) is 0 Å². The number of aliphatic imine (C=N–C) groups is 1. The Kier molecular flexibility index (Phi) is 7.83. The van der Waals surface area contributed by atoms with Crippen LogP contribution in [0.15, 0.2) is 47.6 Å². The van der Waals surface area contributed by atoms with Gasteiger partial charge in [0.1, 0.15) is 11.2 Å². The highest BCUT2D eigenvalue weighted by molar-refractivity contribution is 6.32. The Morgan fingerprint density at radius 3 is 2.58 bits per heavy atom. The third-order valence-corrected chi connectivity index (χ3v) is 7.84. The van der Waals surface area contributed by atoms with Gasteiger partial charge in [0.15, 0.2) is 0 Å². The number of hydrogen-bond acceptors (Lipinski definition) is 5. The first kappa shape index (κ1) is 28.4. The van der Waals surface area contributed by atoms with Gasteiger partial charge in [0.2, 0.25) is 5.91 Å². The van der Waals surface area contributed by atoms with E-state index in [4.69, 9.17) is 23.2 Å². The Labute approximate surface area is 240 Å². The molecule has 0 saturated carbocycles. The van der Waals surface area contributed by atoms with E-state index in [9.17, 15) is 18.0 Å². The third-order valence-electron chi connectivity index (χ3n) is 7.32. The quantitative estimate of drug-likeness (QED) is 0.322. The summed E-state index contributed by atoms with van der Waals surface area (Å²) in [5.41, 5.74) is 3.00. The van der Waals surface area contributed by atoms with Gasteiger partial charge in [-0.05, 0) is 86.3 Å². The lowest BCUT2D eigenvalue weighted by molar-refractivity contribution is -0.137. The molecule has 40 heavy (non-hydrogen) atoms. The SMILES string of the molecule is Cc1cc(Cl)cc(N2C=Nc3cc(C)c(-c4cc(C(F)(F)F)cnc4Cl)cc3C2C(=O)N(C)C[C@@H]2CCCN2)c1. The summed E-state index contributed by atoms with van der Waals surface area (Å²) in [6, 6.07) is 9.29. The molecule has 11 heteroatoms. The zero-order chi connectivity index (χ0) is 28.8. The highest BCUT2D eigenvalue weighted by Gasteiger charge is 2.36. The van der Waals surface area contributed by atoms with Gasteiger partial charge in [-0.25, -0.2) is 9.98 Å². The normalized spacial score (nSPS) is 18.6. The highest BCUT2D eigenvalue weighted by Crippen LogP contribution is 2.43. The number of rotatable bonds is 5. The van der Waals surface area contributed by atoms with Crippen molar-refractivity contribution in [3.63, 3.8) is 0 Å². The monoisotopic (exact) mass is 589 g/mol. The van der Waals surface area contributed by atoms with Gasteiger partial charge in [-0.3, -0.25) is 4.79 Å². The van der Waals surface area contributed by atoms with E-state index in [0.717, 1.165) is 31.0 Å². The van der Waals surface area contributed by atoms with Crippen molar-refractivity contribution in [2.24, 2.45) is 4.99 Å². The molecule has 1 amide bonds. The summed E-state index contributed by atoms with van der Waals surface area (Å²) in [4.78, 5) is 26.0. The lowest BCUT2D eigenvalue weighted by Crippen LogP contribution is -2.46. The molecule has 1 fully saturated rings. The Hall–Kier alpha value is -3.14. The molecule has 5 rings (SSSR count). The van der Waals surface area contributed by atoms with Crippen molar-refractivity contribution in [3.8, 4) is 11.1 Å². The van der Waals surface area contributed by atoms with E-state index in [1.807, 2.05) is 19.1 Å². The summed E-state index contributed by atoms with van der Waals surface area (Å²) in [6.45, 7) is 5.10. The van der Waals surface area contributed by atoms with Crippen LogP contribution in [0.5, 0.6) is 0 Å². The number of alkyl halides is 3. The van der Waals surface area contributed by atoms with Crippen molar-refractivity contribution in [3.05, 3.63) is 75.0 Å². The molecule has 1 saturated heterocycles. The summed E-state index contributed by atoms with van der Waals surface area (Å²) in [6.07, 6.45) is -0.244. The third kappa shape index (κ3) is 5.68. The van der Waals surface area contributed by atoms with Crippen LogP contribution in [-0.4, -0.2) is 48.3 Å². The number of halogens is 5. The van der Waals surface area contributed by atoms with Crippen molar-refractivity contribution >= 4 is 46.8 Å². The topological polar surface area (TPSA) is 60.8 Å². The van der Waals surface area contributed by atoms with E-state index in [0.29, 0.717) is 45.8 Å². The van der Waals surface area contributed by atoms with Crippen molar-refractivity contribution in [2.75, 3.05) is 25.0 Å². The first-order valence-electron chi connectivity index (χ1n) is 12.9. The predicted octanol–water partition coefficient (Wildman–Crippen LogP) is 7.12. The lowest BCUT2D eigenvalue weighted by Gasteiger charge is -2.36. The van der Waals surface area contributed by atoms with E-state index in [1.165, 1.54) is 0 Å². The molecule has 2 atom stereocenters. The van der Waals surface area contributed by atoms with E-state index in [2.05, 4.69) is 15.3 Å². The minimum absolute atomic E-state index is 0.0648. The first-order chi connectivity index (χ1) is 18.9. The molecule has 3 heterocycles. The second-order valence-electron chi connectivity index (χ2n) is 10.3. The van der Waals surface area contributed by atoms with Crippen LogP contribution in [0.2, 0.25) is 10.2 Å². The summed E-state index contributed by atoms with van der Waals surface area (Å²) in [5, 5.41) is 3.86. The lowest BCUT2D eigenvalue weighted by atomic mass is 9.91. The van der Waals surface area contributed by atoms with Crippen molar-refractivity contribution in [1.82, 2.24) is 15.2 Å². The number of carbonyl (C=O) groups excluding carboxylic acids is 1. The number of likely N-dealkylation sites (N-methyl/N-ethyl adjacent to an activating group) is 1. The predicted molar refractivity (Wildman–Crippen MR) is 153 cm³/mol. The number of hydrogen-bond donors (Lipinski definition) is 1. The number of nitrogens with one attached hydrogen (secondary N) is 1. The molecule has 1 N–H and O–H groups in total. The maximum absolute atomic E-state index is 14.2. The van der Waals surface area contributed by atoms with E-state index < -0.39 is 17.8 Å². The standard InChI is InChI=1S/C29H28Cl2F3N5O/c1-16-7-19(30)11-21(8-16)39-15-37-25-9-17(2)22(23-10-18(29(32,33)34)13-36-27(23)31)12-24(25)26(39)28(40)38(3)14-20-5-4-6-35-20/h7-13,15,20,26,35H,4-6,14H2,1-3H3/t20-,26?/m0/s1. The second kappa shape index (κ2) is 11.0. The van der Waals surface area contributed by atoms with Crippen LogP contribution in [0.1, 0.15) is 41.1 Å². The molecule has 0 bridgehead atoms. The van der Waals surface area contributed by atoms with Gasteiger partial charge in [-0.1, -0.05) is 23.2 Å². The molecular weight excluding hydrogens is 562 g/mol.